The lowest BCUT2D eigenvalue weighted by Gasteiger charge is -2.13. The van der Waals surface area contributed by atoms with Crippen molar-refractivity contribution in [3.63, 3.8) is 0 Å². The first-order chi connectivity index (χ1) is 7.88. The molecule has 0 spiro atoms. The molecule has 0 saturated carbocycles. The second-order valence-corrected chi connectivity index (χ2v) is 5.57. The molecule has 0 aromatic heterocycles. The summed E-state index contributed by atoms with van der Waals surface area (Å²) < 4.78 is 0. The largest absolute Gasteiger partial charge is 0.300 e. The van der Waals surface area contributed by atoms with Gasteiger partial charge in [-0.05, 0) is 40.2 Å². The predicted octanol–water partition coefficient (Wildman–Crippen LogP) is 3.70. The lowest BCUT2D eigenvalue weighted by Crippen LogP contribution is -2.19. The highest BCUT2D eigenvalue weighted by molar-refractivity contribution is 5.24. The van der Waals surface area contributed by atoms with Crippen molar-refractivity contribution in [2.24, 2.45) is 5.41 Å². The molecular weight excluding hydrogens is 206 g/mol. The predicted molar refractivity (Wildman–Crippen MR) is 74.8 cm³/mol. The van der Waals surface area contributed by atoms with Gasteiger partial charge in [-0.15, -0.1) is 0 Å². The van der Waals surface area contributed by atoms with Gasteiger partial charge in [0.1, 0.15) is 0 Å². The van der Waals surface area contributed by atoms with Gasteiger partial charge in [-0.25, -0.2) is 0 Å². The Kier molecular flexibility index (Phi) is 4.78. The highest BCUT2D eigenvalue weighted by atomic mass is 14.9. The fourth-order valence-corrected chi connectivity index (χ4v) is 1.57. The summed E-state index contributed by atoms with van der Waals surface area (Å²) in [6, 6.07) is 8.94. The molecule has 17 heavy (non-hydrogen) atoms. The summed E-state index contributed by atoms with van der Waals surface area (Å²) >= 11 is 0. The molecule has 1 nitrogen and oxygen atoms in total. The van der Waals surface area contributed by atoms with Crippen molar-refractivity contribution in [3.8, 4) is 11.8 Å². The number of nitrogens with one attached hydrogen (secondary N) is 1. The molecule has 0 bridgehead atoms. The number of benzene rings is 1. The van der Waals surface area contributed by atoms with Crippen LogP contribution < -0.4 is 5.32 Å². The Bertz CT molecular complexity index is 415. The summed E-state index contributed by atoms with van der Waals surface area (Å²) in [6.07, 6.45) is 0. The Morgan fingerprint density at radius 1 is 1.29 bits per heavy atom. The van der Waals surface area contributed by atoms with Crippen LogP contribution in [0.25, 0.3) is 0 Å². The van der Waals surface area contributed by atoms with Gasteiger partial charge in [-0.1, -0.05) is 41.7 Å². The summed E-state index contributed by atoms with van der Waals surface area (Å²) in [5.74, 6) is 6.41. The second kappa shape index (κ2) is 5.89. The molecule has 0 aliphatic heterocycles. The molecule has 1 aromatic carbocycles. The van der Waals surface area contributed by atoms with E-state index in [0.29, 0.717) is 6.04 Å². The normalized spacial score (nSPS) is 12.8. The van der Waals surface area contributed by atoms with Gasteiger partial charge in [-0.3, -0.25) is 5.32 Å². The van der Waals surface area contributed by atoms with Crippen LogP contribution in [0.5, 0.6) is 0 Å². The molecule has 0 amide bonds. The summed E-state index contributed by atoms with van der Waals surface area (Å²) in [5.41, 5.74) is 2.72. The third-order valence-corrected chi connectivity index (χ3v) is 2.50. The topological polar surface area (TPSA) is 12.0 Å². The molecule has 0 fully saturated rings. The van der Waals surface area contributed by atoms with Gasteiger partial charge in [0, 0.05) is 11.5 Å². The molecule has 0 aliphatic rings. The standard InChI is InChI=1S/C16H23N/c1-13-8-6-9-15(12-13)14(2)17-11-7-10-16(3,4)5/h6,8-9,12,14,17H,11H2,1-5H3/t14-/m0/s1. The molecule has 1 rings (SSSR count). The van der Waals surface area contributed by atoms with Gasteiger partial charge in [-0.2, -0.15) is 0 Å². The van der Waals surface area contributed by atoms with Crippen LogP contribution in [0.4, 0.5) is 0 Å². The average Bonchev–Trinajstić information content (AvgIpc) is 2.23. The summed E-state index contributed by atoms with van der Waals surface area (Å²) in [7, 11) is 0. The summed E-state index contributed by atoms with van der Waals surface area (Å²) in [5, 5.41) is 3.43. The summed E-state index contributed by atoms with van der Waals surface area (Å²) in [6.45, 7) is 11.4. The maximum atomic E-state index is 3.43. The first-order valence-corrected chi connectivity index (χ1v) is 6.18. The SMILES string of the molecule is Cc1cccc([C@H](C)NCC#CC(C)(C)C)c1. The monoisotopic (exact) mass is 229 g/mol. The van der Waals surface area contributed by atoms with Crippen LogP contribution in [0.3, 0.4) is 0 Å². The third kappa shape index (κ3) is 5.56. The van der Waals surface area contributed by atoms with Crippen molar-refractivity contribution in [3.05, 3.63) is 35.4 Å². The van der Waals surface area contributed by atoms with Crippen LogP contribution in [0.2, 0.25) is 0 Å². The average molecular weight is 229 g/mol. The molecular formula is C16H23N. The van der Waals surface area contributed by atoms with Crippen LogP contribution >= 0.6 is 0 Å². The van der Waals surface area contributed by atoms with Gasteiger partial charge in [0.2, 0.25) is 0 Å². The lowest BCUT2D eigenvalue weighted by molar-refractivity contribution is 0.568. The summed E-state index contributed by atoms with van der Waals surface area (Å²) in [4.78, 5) is 0. The minimum Gasteiger partial charge on any atom is -0.300 e. The van der Waals surface area contributed by atoms with E-state index in [-0.39, 0.29) is 5.41 Å². The zero-order chi connectivity index (χ0) is 12.9. The molecule has 1 atom stereocenters. The van der Waals surface area contributed by atoms with Crippen LogP contribution in [0.15, 0.2) is 24.3 Å². The first kappa shape index (κ1) is 13.8. The maximum absolute atomic E-state index is 3.43. The fraction of sp³-hybridized carbons (Fsp3) is 0.500. The van der Waals surface area contributed by atoms with E-state index in [1.807, 2.05) is 0 Å². The van der Waals surface area contributed by atoms with Gasteiger partial charge in [0.15, 0.2) is 0 Å². The molecule has 1 heteroatoms. The van der Waals surface area contributed by atoms with E-state index in [1.165, 1.54) is 11.1 Å². The van der Waals surface area contributed by atoms with E-state index in [1.54, 1.807) is 0 Å². The molecule has 0 radical (unpaired) electrons. The Morgan fingerprint density at radius 2 is 2.00 bits per heavy atom. The van der Waals surface area contributed by atoms with Gasteiger partial charge in [0.05, 0.1) is 6.54 Å². The molecule has 0 heterocycles. The van der Waals surface area contributed by atoms with E-state index < -0.39 is 0 Å². The van der Waals surface area contributed by atoms with E-state index >= 15 is 0 Å². The second-order valence-electron chi connectivity index (χ2n) is 5.57. The maximum Gasteiger partial charge on any atom is 0.0581 e. The van der Waals surface area contributed by atoms with Crippen molar-refractivity contribution in [1.82, 2.24) is 5.32 Å². The lowest BCUT2D eigenvalue weighted by atomic mass is 9.98. The molecule has 1 N–H and O–H groups in total. The van der Waals surface area contributed by atoms with Gasteiger partial charge < -0.3 is 0 Å². The molecule has 0 aliphatic carbocycles. The number of hydrogen-bond donors (Lipinski definition) is 1. The van der Waals surface area contributed by atoms with E-state index in [0.717, 1.165) is 6.54 Å². The smallest absolute Gasteiger partial charge is 0.0581 e. The quantitative estimate of drug-likeness (QED) is 0.779. The minimum atomic E-state index is 0.0915. The Hall–Kier alpha value is -1.26. The van der Waals surface area contributed by atoms with Crippen LogP contribution in [-0.4, -0.2) is 6.54 Å². The Labute approximate surface area is 106 Å². The number of hydrogen-bond acceptors (Lipinski definition) is 1. The van der Waals surface area contributed by atoms with E-state index in [4.69, 9.17) is 0 Å². The van der Waals surface area contributed by atoms with Crippen LogP contribution in [0, 0.1) is 24.2 Å². The highest BCUT2D eigenvalue weighted by Gasteiger charge is 2.04. The Morgan fingerprint density at radius 3 is 2.59 bits per heavy atom. The van der Waals surface area contributed by atoms with Crippen molar-refractivity contribution < 1.29 is 0 Å². The van der Waals surface area contributed by atoms with E-state index in [2.05, 4.69) is 76.0 Å². The van der Waals surface area contributed by atoms with Gasteiger partial charge in [0.25, 0.3) is 0 Å². The van der Waals surface area contributed by atoms with Crippen molar-refractivity contribution in [2.45, 2.75) is 40.7 Å². The van der Waals surface area contributed by atoms with Crippen molar-refractivity contribution in [2.75, 3.05) is 6.54 Å². The molecule has 1 aromatic rings. The Balaban J connectivity index is 2.50. The first-order valence-electron chi connectivity index (χ1n) is 6.18. The number of aryl methyl sites for hydroxylation is 1. The highest BCUT2D eigenvalue weighted by Crippen LogP contribution is 2.13. The minimum absolute atomic E-state index is 0.0915. The fourth-order valence-electron chi connectivity index (χ4n) is 1.57. The zero-order valence-corrected chi connectivity index (χ0v) is 11.6. The van der Waals surface area contributed by atoms with Crippen molar-refractivity contribution >= 4 is 0 Å². The number of rotatable bonds is 3. The van der Waals surface area contributed by atoms with Crippen LogP contribution in [-0.2, 0) is 0 Å². The van der Waals surface area contributed by atoms with Crippen molar-refractivity contribution in [1.29, 1.82) is 0 Å². The van der Waals surface area contributed by atoms with Crippen LogP contribution in [0.1, 0.15) is 44.9 Å². The molecule has 0 unspecified atom stereocenters. The molecule has 92 valence electrons. The van der Waals surface area contributed by atoms with E-state index in [9.17, 15) is 0 Å². The zero-order valence-electron chi connectivity index (χ0n) is 11.6. The molecule has 0 saturated heterocycles. The third-order valence-electron chi connectivity index (χ3n) is 2.50. The van der Waals surface area contributed by atoms with Gasteiger partial charge >= 0.3 is 0 Å².